The molecule has 0 spiro atoms. The number of rotatable bonds is 9. The summed E-state index contributed by atoms with van der Waals surface area (Å²) in [5, 5.41) is 3.75. The van der Waals surface area contributed by atoms with Crippen LogP contribution in [-0.4, -0.2) is 39.9 Å². The summed E-state index contributed by atoms with van der Waals surface area (Å²) >= 11 is 6.15. The number of likely N-dealkylation sites (N-methyl/N-ethyl adjacent to an activating group) is 1. The van der Waals surface area contributed by atoms with Gasteiger partial charge in [0.05, 0.1) is 5.25 Å². The fourth-order valence-corrected chi connectivity index (χ4v) is 6.23. The molecule has 2 aromatic rings. The highest BCUT2D eigenvalue weighted by molar-refractivity contribution is 7.90. The summed E-state index contributed by atoms with van der Waals surface area (Å²) in [7, 11) is -1.38. The van der Waals surface area contributed by atoms with Crippen LogP contribution in [0.1, 0.15) is 41.9 Å². The van der Waals surface area contributed by atoms with Crippen LogP contribution in [-0.2, 0) is 22.9 Å². The maximum absolute atomic E-state index is 14.6. The lowest BCUT2D eigenvalue weighted by atomic mass is 9.91. The summed E-state index contributed by atoms with van der Waals surface area (Å²) in [4.78, 5) is 0. The second kappa shape index (κ2) is 9.45. The number of ether oxygens (including phenoxy) is 1. The van der Waals surface area contributed by atoms with Gasteiger partial charge in [-0.3, -0.25) is 0 Å². The summed E-state index contributed by atoms with van der Waals surface area (Å²) in [5.41, 5.74) is 3.16. The molecule has 2 aromatic carbocycles. The first-order valence-electron chi connectivity index (χ1n) is 10.7. The lowest BCUT2D eigenvalue weighted by molar-refractivity contribution is 0.305. The first-order valence-corrected chi connectivity index (χ1v) is 12.6. The van der Waals surface area contributed by atoms with Gasteiger partial charge in [-0.15, -0.1) is 0 Å². The Morgan fingerprint density at radius 2 is 2.03 bits per heavy atom. The topological polar surface area (TPSA) is 67.4 Å². The molecule has 168 valence electrons. The predicted molar refractivity (Wildman–Crippen MR) is 121 cm³/mol. The van der Waals surface area contributed by atoms with E-state index < -0.39 is 15.8 Å². The first-order chi connectivity index (χ1) is 14.9. The second-order valence-electron chi connectivity index (χ2n) is 8.36. The lowest BCUT2D eigenvalue weighted by Crippen LogP contribution is -2.40. The van der Waals surface area contributed by atoms with Crippen LogP contribution >= 0.6 is 11.6 Å². The van der Waals surface area contributed by atoms with Crippen molar-refractivity contribution < 1.29 is 17.5 Å². The van der Waals surface area contributed by atoms with E-state index in [1.165, 1.54) is 0 Å². The van der Waals surface area contributed by atoms with Crippen LogP contribution in [0.2, 0.25) is 5.02 Å². The van der Waals surface area contributed by atoms with E-state index >= 15 is 0 Å². The normalized spacial score (nSPS) is 21.0. The maximum atomic E-state index is 14.6. The van der Waals surface area contributed by atoms with E-state index in [0.717, 1.165) is 36.0 Å². The van der Waals surface area contributed by atoms with Crippen molar-refractivity contribution in [2.24, 2.45) is 0 Å². The highest BCUT2D eigenvalue weighted by Crippen LogP contribution is 2.39. The standard InChI is InChI=1S/C23H28ClFN2O3S/c1-26-22-13-16-12-21(25)23(30-9-8-27-31(28,29)18-6-3-7-18)14-19(16)20(22)11-15-4-2-5-17(24)10-15/h2,4-5,10,12,14,18,20,22,26-27H,3,6-9,11,13H2,1H3. The van der Waals surface area contributed by atoms with Crippen molar-refractivity contribution in [2.75, 3.05) is 20.2 Å². The number of halogens is 2. The van der Waals surface area contributed by atoms with Crippen molar-refractivity contribution in [1.82, 2.24) is 10.0 Å². The van der Waals surface area contributed by atoms with E-state index in [2.05, 4.69) is 10.0 Å². The van der Waals surface area contributed by atoms with Gasteiger partial charge in [0, 0.05) is 23.5 Å². The number of sulfonamides is 1. The third-order valence-corrected chi connectivity index (χ3v) is 8.58. The molecule has 5 nitrogen and oxygen atoms in total. The zero-order valence-electron chi connectivity index (χ0n) is 17.5. The van der Waals surface area contributed by atoms with Gasteiger partial charge in [0.1, 0.15) is 6.61 Å². The number of benzene rings is 2. The van der Waals surface area contributed by atoms with Crippen LogP contribution in [0, 0.1) is 5.82 Å². The largest absolute Gasteiger partial charge is 0.489 e. The molecule has 2 aliphatic rings. The minimum atomic E-state index is -3.30. The molecule has 8 heteroatoms. The molecule has 2 unspecified atom stereocenters. The summed E-state index contributed by atoms with van der Waals surface area (Å²) in [6, 6.07) is 11.3. The zero-order valence-corrected chi connectivity index (χ0v) is 19.1. The van der Waals surface area contributed by atoms with Crippen molar-refractivity contribution in [2.45, 2.75) is 49.3 Å². The molecule has 0 aliphatic heterocycles. The highest BCUT2D eigenvalue weighted by atomic mass is 35.5. The summed E-state index contributed by atoms with van der Waals surface area (Å²) in [6.45, 7) is 0.205. The second-order valence-corrected chi connectivity index (χ2v) is 10.8. The number of fused-ring (bicyclic) bond motifs is 1. The van der Waals surface area contributed by atoms with Gasteiger partial charge in [0.15, 0.2) is 11.6 Å². The fraction of sp³-hybridized carbons (Fsp3) is 0.478. The van der Waals surface area contributed by atoms with Crippen LogP contribution in [0.5, 0.6) is 5.75 Å². The molecule has 31 heavy (non-hydrogen) atoms. The molecule has 0 heterocycles. The van der Waals surface area contributed by atoms with Crippen molar-refractivity contribution in [1.29, 1.82) is 0 Å². The van der Waals surface area contributed by atoms with Crippen molar-refractivity contribution in [3.63, 3.8) is 0 Å². The smallest absolute Gasteiger partial charge is 0.214 e. The minimum absolute atomic E-state index is 0.0794. The van der Waals surface area contributed by atoms with Crippen LogP contribution in [0.4, 0.5) is 4.39 Å². The van der Waals surface area contributed by atoms with Crippen LogP contribution < -0.4 is 14.8 Å². The van der Waals surface area contributed by atoms with Gasteiger partial charge in [-0.25, -0.2) is 17.5 Å². The molecule has 0 bridgehead atoms. The van der Waals surface area contributed by atoms with Gasteiger partial charge < -0.3 is 10.1 Å². The Bertz CT molecular complexity index is 1040. The van der Waals surface area contributed by atoms with E-state index in [1.807, 2.05) is 31.3 Å². The van der Waals surface area contributed by atoms with Crippen molar-refractivity contribution >= 4 is 21.6 Å². The number of hydrogen-bond donors (Lipinski definition) is 2. The maximum Gasteiger partial charge on any atom is 0.214 e. The highest BCUT2D eigenvalue weighted by Gasteiger charge is 2.33. The van der Waals surface area contributed by atoms with E-state index in [9.17, 15) is 12.8 Å². The van der Waals surface area contributed by atoms with Gasteiger partial charge >= 0.3 is 0 Å². The molecular weight excluding hydrogens is 439 g/mol. The van der Waals surface area contributed by atoms with Gasteiger partial charge in [0.25, 0.3) is 0 Å². The Labute approximate surface area is 188 Å². The van der Waals surface area contributed by atoms with Crippen LogP contribution in [0.3, 0.4) is 0 Å². The Hall–Kier alpha value is -1.67. The average molecular weight is 467 g/mol. The Balaban J connectivity index is 1.45. The number of hydrogen-bond acceptors (Lipinski definition) is 4. The molecule has 1 saturated carbocycles. The molecule has 2 N–H and O–H groups in total. The summed E-state index contributed by atoms with van der Waals surface area (Å²) in [6.07, 6.45) is 3.89. The SMILES string of the molecule is CNC1Cc2cc(F)c(OCCNS(=O)(=O)C3CCC3)cc2C1Cc1cccc(Cl)c1. The third-order valence-electron chi connectivity index (χ3n) is 6.39. The Morgan fingerprint density at radius 3 is 2.71 bits per heavy atom. The van der Waals surface area contributed by atoms with E-state index in [1.54, 1.807) is 12.1 Å². The minimum Gasteiger partial charge on any atom is -0.489 e. The van der Waals surface area contributed by atoms with E-state index in [4.69, 9.17) is 16.3 Å². The fourth-order valence-electron chi connectivity index (χ4n) is 4.46. The molecule has 2 atom stereocenters. The third kappa shape index (κ3) is 5.06. The predicted octanol–water partition coefficient (Wildman–Crippen LogP) is 3.80. The van der Waals surface area contributed by atoms with Crippen LogP contribution in [0.25, 0.3) is 0 Å². The Kier molecular flexibility index (Phi) is 6.86. The molecule has 4 rings (SSSR count). The molecule has 0 aromatic heterocycles. The summed E-state index contributed by atoms with van der Waals surface area (Å²) in [5.74, 6) is -0.0909. The molecule has 2 aliphatic carbocycles. The van der Waals surface area contributed by atoms with Gasteiger partial charge in [0.2, 0.25) is 10.0 Å². The molecular formula is C23H28ClFN2O3S. The quantitative estimate of drug-likeness (QED) is 0.551. The molecule has 1 fully saturated rings. The zero-order chi connectivity index (χ0) is 22.0. The van der Waals surface area contributed by atoms with E-state index in [-0.39, 0.29) is 36.1 Å². The summed E-state index contributed by atoms with van der Waals surface area (Å²) < 4.78 is 47.0. The lowest BCUT2D eigenvalue weighted by Gasteiger charge is -2.25. The van der Waals surface area contributed by atoms with Gasteiger partial charge in [-0.1, -0.05) is 30.2 Å². The van der Waals surface area contributed by atoms with Crippen molar-refractivity contribution in [3.8, 4) is 5.75 Å². The van der Waals surface area contributed by atoms with Crippen LogP contribution in [0.15, 0.2) is 36.4 Å². The first kappa shape index (κ1) is 22.5. The van der Waals surface area contributed by atoms with Gasteiger partial charge in [-0.05, 0) is 73.7 Å². The van der Waals surface area contributed by atoms with Crippen molar-refractivity contribution in [3.05, 3.63) is 63.9 Å². The van der Waals surface area contributed by atoms with E-state index in [0.29, 0.717) is 17.9 Å². The molecule has 0 saturated heterocycles. The molecule has 0 amide bonds. The number of nitrogens with one attached hydrogen (secondary N) is 2. The molecule has 0 radical (unpaired) electrons. The monoisotopic (exact) mass is 466 g/mol. The average Bonchev–Trinajstić information content (AvgIpc) is 3.00. The van der Waals surface area contributed by atoms with Gasteiger partial charge in [-0.2, -0.15) is 0 Å². The Morgan fingerprint density at radius 1 is 1.23 bits per heavy atom.